The number of nitrogens with zero attached hydrogens (tertiary/aromatic N) is 2. The number of piperazine rings is 1. The summed E-state index contributed by atoms with van der Waals surface area (Å²) >= 11 is 0. The Kier molecular flexibility index (Phi) is 5.58. The highest BCUT2D eigenvalue weighted by atomic mass is 16.2. The van der Waals surface area contributed by atoms with Crippen molar-refractivity contribution in [3.05, 3.63) is 0 Å². The summed E-state index contributed by atoms with van der Waals surface area (Å²) in [6, 6.07) is -0.258. The quantitative estimate of drug-likeness (QED) is 0.752. The number of nitrogens with two attached hydrogens (primary N) is 1. The van der Waals surface area contributed by atoms with Crippen molar-refractivity contribution in [3.8, 4) is 0 Å². The van der Waals surface area contributed by atoms with Crippen LogP contribution in [0.4, 0.5) is 0 Å². The lowest BCUT2D eigenvalue weighted by molar-refractivity contribution is -0.141. The van der Waals surface area contributed by atoms with E-state index in [1.807, 2.05) is 9.80 Å². The SMILES string of the molecule is CC(C)C[C@H](N)C(=O)N1CCCC(N2CCNCC2=O)C1. The number of hydrogen-bond acceptors (Lipinski definition) is 4. The third-order valence-corrected chi connectivity index (χ3v) is 4.32. The number of piperidine rings is 1. The van der Waals surface area contributed by atoms with Crippen molar-refractivity contribution < 1.29 is 9.59 Å². The number of amides is 2. The fraction of sp³-hybridized carbons (Fsp3) is 0.867. The zero-order valence-electron chi connectivity index (χ0n) is 13.2. The van der Waals surface area contributed by atoms with Crippen molar-refractivity contribution in [2.24, 2.45) is 11.7 Å². The van der Waals surface area contributed by atoms with E-state index in [4.69, 9.17) is 5.73 Å². The van der Waals surface area contributed by atoms with E-state index in [0.717, 1.165) is 32.5 Å². The first-order valence-corrected chi connectivity index (χ1v) is 8.03. The number of hydrogen-bond donors (Lipinski definition) is 2. The van der Waals surface area contributed by atoms with E-state index in [1.165, 1.54) is 0 Å². The van der Waals surface area contributed by atoms with Crippen LogP contribution in [0.15, 0.2) is 0 Å². The summed E-state index contributed by atoms with van der Waals surface area (Å²) in [6.07, 6.45) is 2.64. The maximum absolute atomic E-state index is 12.4. The van der Waals surface area contributed by atoms with E-state index in [9.17, 15) is 9.59 Å². The maximum atomic E-state index is 12.4. The summed E-state index contributed by atoms with van der Waals surface area (Å²) in [4.78, 5) is 28.2. The highest BCUT2D eigenvalue weighted by Gasteiger charge is 2.33. The van der Waals surface area contributed by atoms with Gasteiger partial charge in [-0.05, 0) is 25.2 Å². The van der Waals surface area contributed by atoms with E-state index >= 15 is 0 Å². The van der Waals surface area contributed by atoms with Crippen LogP contribution in [-0.2, 0) is 9.59 Å². The molecule has 120 valence electrons. The van der Waals surface area contributed by atoms with E-state index < -0.39 is 6.04 Å². The van der Waals surface area contributed by atoms with Crippen molar-refractivity contribution in [1.29, 1.82) is 0 Å². The van der Waals surface area contributed by atoms with Gasteiger partial charge in [0.1, 0.15) is 0 Å². The van der Waals surface area contributed by atoms with Crippen LogP contribution in [0, 0.1) is 5.92 Å². The smallest absolute Gasteiger partial charge is 0.239 e. The van der Waals surface area contributed by atoms with Crippen molar-refractivity contribution in [2.45, 2.75) is 45.2 Å². The van der Waals surface area contributed by atoms with Crippen LogP contribution in [0.25, 0.3) is 0 Å². The largest absolute Gasteiger partial charge is 0.339 e. The van der Waals surface area contributed by atoms with Crippen LogP contribution >= 0.6 is 0 Å². The van der Waals surface area contributed by atoms with Crippen LogP contribution in [0.1, 0.15) is 33.1 Å². The minimum absolute atomic E-state index is 0.0379. The summed E-state index contributed by atoms with van der Waals surface area (Å²) in [5.74, 6) is 0.599. The molecule has 2 rings (SSSR count). The number of likely N-dealkylation sites (tertiary alicyclic amines) is 1. The lowest BCUT2D eigenvalue weighted by atomic mass is 9.99. The minimum atomic E-state index is -0.414. The van der Waals surface area contributed by atoms with Gasteiger partial charge in [-0.15, -0.1) is 0 Å². The van der Waals surface area contributed by atoms with Gasteiger partial charge in [0.05, 0.1) is 12.6 Å². The van der Waals surface area contributed by atoms with Gasteiger partial charge in [-0.25, -0.2) is 0 Å². The highest BCUT2D eigenvalue weighted by Crippen LogP contribution is 2.18. The lowest BCUT2D eigenvalue weighted by Crippen LogP contribution is -2.58. The predicted molar refractivity (Wildman–Crippen MR) is 81.6 cm³/mol. The third-order valence-electron chi connectivity index (χ3n) is 4.32. The zero-order chi connectivity index (χ0) is 15.4. The molecule has 0 aromatic carbocycles. The Bertz CT molecular complexity index is 386. The summed E-state index contributed by atoms with van der Waals surface area (Å²) in [5.41, 5.74) is 6.02. The van der Waals surface area contributed by atoms with Gasteiger partial charge in [-0.2, -0.15) is 0 Å². The van der Waals surface area contributed by atoms with Gasteiger partial charge in [-0.3, -0.25) is 9.59 Å². The molecular formula is C15H28N4O2. The average molecular weight is 296 g/mol. The van der Waals surface area contributed by atoms with E-state index in [0.29, 0.717) is 25.4 Å². The molecule has 0 bridgehead atoms. The molecule has 0 radical (unpaired) electrons. The van der Waals surface area contributed by atoms with Crippen LogP contribution in [0.2, 0.25) is 0 Å². The van der Waals surface area contributed by atoms with Gasteiger partial charge in [0.2, 0.25) is 11.8 Å². The van der Waals surface area contributed by atoms with Gasteiger partial charge < -0.3 is 20.9 Å². The zero-order valence-corrected chi connectivity index (χ0v) is 13.2. The molecule has 2 saturated heterocycles. The van der Waals surface area contributed by atoms with Crippen LogP contribution in [0.5, 0.6) is 0 Å². The Hall–Kier alpha value is -1.14. The van der Waals surface area contributed by atoms with Crippen LogP contribution in [0.3, 0.4) is 0 Å². The van der Waals surface area contributed by atoms with E-state index in [1.54, 1.807) is 0 Å². The Balaban J connectivity index is 1.93. The summed E-state index contributed by atoms with van der Waals surface area (Å²) in [5, 5.41) is 3.09. The molecule has 2 amide bonds. The van der Waals surface area contributed by atoms with Crippen molar-refractivity contribution in [2.75, 3.05) is 32.7 Å². The minimum Gasteiger partial charge on any atom is -0.339 e. The summed E-state index contributed by atoms with van der Waals surface area (Å²) in [6.45, 7) is 7.54. The molecule has 3 N–H and O–H groups in total. The average Bonchev–Trinajstić information content (AvgIpc) is 2.46. The first kappa shape index (κ1) is 16.2. The summed E-state index contributed by atoms with van der Waals surface area (Å²) in [7, 11) is 0. The molecule has 2 fully saturated rings. The molecule has 2 aliphatic rings. The fourth-order valence-electron chi connectivity index (χ4n) is 3.26. The lowest BCUT2D eigenvalue weighted by Gasteiger charge is -2.41. The van der Waals surface area contributed by atoms with Crippen LogP contribution in [-0.4, -0.2) is 66.4 Å². The second-order valence-electron chi connectivity index (χ2n) is 6.58. The second-order valence-corrected chi connectivity index (χ2v) is 6.58. The van der Waals surface area contributed by atoms with E-state index in [-0.39, 0.29) is 17.9 Å². The number of carbonyl (C=O) groups excluding carboxylic acids is 2. The first-order chi connectivity index (χ1) is 9.99. The highest BCUT2D eigenvalue weighted by molar-refractivity contribution is 5.82. The van der Waals surface area contributed by atoms with Crippen molar-refractivity contribution >= 4 is 11.8 Å². The Morgan fingerprint density at radius 2 is 2.19 bits per heavy atom. The monoisotopic (exact) mass is 296 g/mol. The molecule has 6 nitrogen and oxygen atoms in total. The molecule has 2 heterocycles. The molecule has 0 saturated carbocycles. The Morgan fingerprint density at radius 3 is 2.86 bits per heavy atom. The molecular weight excluding hydrogens is 268 g/mol. The summed E-state index contributed by atoms with van der Waals surface area (Å²) < 4.78 is 0. The number of carbonyl (C=O) groups is 2. The molecule has 2 aliphatic heterocycles. The molecule has 6 heteroatoms. The molecule has 2 atom stereocenters. The van der Waals surface area contributed by atoms with Crippen molar-refractivity contribution in [3.63, 3.8) is 0 Å². The fourth-order valence-corrected chi connectivity index (χ4v) is 3.26. The first-order valence-electron chi connectivity index (χ1n) is 8.03. The second kappa shape index (κ2) is 7.22. The normalized spacial score (nSPS) is 25.3. The predicted octanol–water partition coefficient (Wildman–Crippen LogP) is -0.217. The maximum Gasteiger partial charge on any atom is 0.239 e. The van der Waals surface area contributed by atoms with Gasteiger partial charge in [0, 0.05) is 32.2 Å². The Labute approximate surface area is 127 Å². The molecule has 0 aromatic heterocycles. The van der Waals surface area contributed by atoms with Crippen LogP contribution < -0.4 is 11.1 Å². The molecule has 0 aliphatic carbocycles. The molecule has 21 heavy (non-hydrogen) atoms. The number of rotatable bonds is 4. The van der Waals surface area contributed by atoms with E-state index in [2.05, 4.69) is 19.2 Å². The standard InChI is InChI=1S/C15H28N4O2/c1-11(2)8-13(16)15(21)18-6-3-4-12(10-18)19-7-5-17-9-14(19)20/h11-13,17H,3-10,16H2,1-2H3/t12?,13-/m0/s1. The van der Waals surface area contributed by atoms with Crippen molar-refractivity contribution in [1.82, 2.24) is 15.1 Å². The van der Waals surface area contributed by atoms with Gasteiger partial charge in [-0.1, -0.05) is 13.8 Å². The molecule has 1 unspecified atom stereocenters. The van der Waals surface area contributed by atoms with Gasteiger partial charge in [0.25, 0.3) is 0 Å². The Morgan fingerprint density at radius 1 is 1.43 bits per heavy atom. The topological polar surface area (TPSA) is 78.7 Å². The molecule has 0 spiro atoms. The molecule has 0 aromatic rings. The number of nitrogens with one attached hydrogen (secondary N) is 1. The third kappa shape index (κ3) is 4.17. The van der Waals surface area contributed by atoms with Gasteiger partial charge in [0.15, 0.2) is 0 Å². The van der Waals surface area contributed by atoms with Gasteiger partial charge >= 0.3 is 0 Å².